The largest absolute Gasteiger partial charge is 0.469 e. The Morgan fingerprint density at radius 2 is 1.33 bits per heavy atom. The monoisotopic (exact) mass is 410 g/mol. The smallest absolute Gasteiger partial charge is 0.462 e. The molecule has 0 bridgehead atoms. The summed E-state index contributed by atoms with van der Waals surface area (Å²) in [6.07, 6.45) is 8.19. The highest BCUT2D eigenvalue weighted by Gasteiger charge is 2.22. The minimum atomic E-state index is -4.70. The van der Waals surface area contributed by atoms with Crippen LogP contribution in [0.4, 0.5) is 0 Å². The summed E-state index contributed by atoms with van der Waals surface area (Å²) in [6.45, 7) is 3.33. The minimum absolute atomic E-state index is 0.200. The standard InChI is InChI=1S/C18H35O8P/c1-3-5-7-8-9-11-12-17(19)24-14-16(15-25-27(21,22)23)26-18(20)13-10-6-4-2/h16H,3-15H2,1-2H3,(H2,21,22,23)/t16-/m1/s1. The van der Waals surface area contributed by atoms with Crippen molar-refractivity contribution >= 4 is 19.8 Å². The Kier molecular flexibility index (Phi) is 15.5. The van der Waals surface area contributed by atoms with E-state index in [9.17, 15) is 14.2 Å². The lowest BCUT2D eigenvalue weighted by molar-refractivity contribution is -0.161. The molecule has 8 nitrogen and oxygen atoms in total. The molecule has 0 aromatic heterocycles. The van der Waals surface area contributed by atoms with E-state index in [0.29, 0.717) is 6.42 Å². The number of phosphoric ester groups is 1. The number of unbranched alkanes of at least 4 members (excludes halogenated alkanes) is 7. The fourth-order valence-electron chi connectivity index (χ4n) is 2.37. The lowest BCUT2D eigenvalue weighted by Gasteiger charge is -2.18. The average Bonchev–Trinajstić information content (AvgIpc) is 2.59. The van der Waals surface area contributed by atoms with Gasteiger partial charge in [0.1, 0.15) is 6.61 Å². The normalized spacial score (nSPS) is 12.6. The third-order valence-corrected chi connectivity index (χ3v) is 4.36. The molecule has 0 aromatic rings. The highest BCUT2D eigenvalue weighted by atomic mass is 31.2. The molecule has 0 rings (SSSR count). The van der Waals surface area contributed by atoms with E-state index in [-0.39, 0.29) is 19.4 Å². The second-order valence-corrected chi connectivity index (χ2v) is 7.80. The maximum Gasteiger partial charge on any atom is 0.469 e. The van der Waals surface area contributed by atoms with Gasteiger partial charge < -0.3 is 19.3 Å². The molecule has 9 heteroatoms. The van der Waals surface area contributed by atoms with Crippen molar-refractivity contribution in [3.63, 3.8) is 0 Å². The summed E-state index contributed by atoms with van der Waals surface area (Å²) in [4.78, 5) is 41.2. The van der Waals surface area contributed by atoms with E-state index in [1.54, 1.807) is 0 Å². The summed E-state index contributed by atoms with van der Waals surface area (Å²) in [5.41, 5.74) is 0. The fraction of sp³-hybridized carbons (Fsp3) is 0.889. The van der Waals surface area contributed by atoms with E-state index in [1.807, 2.05) is 6.92 Å². The molecule has 0 aromatic carbocycles. The van der Waals surface area contributed by atoms with Crippen molar-refractivity contribution in [1.29, 1.82) is 0 Å². The summed E-state index contributed by atoms with van der Waals surface area (Å²) in [5.74, 6) is -0.927. The molecule has 1 atom stereocenters. The molecule has 0 amide bonds. The van der Waals surface area contributed by atoms with Gasteiger partial charge in [0.05, 0.1) is 6.61 Å². The van der Waals surface area contributed by atoms with Gasteiger partial charge in [-0.05, 0) is 12.8 Å². The SMILES string of the molecule is CCCCCCCCC(=O)OC[C@H](COP(=O)(O)O)OC(=O)CCCCC. The van der Waals surface area contributed by atoms with E-state index >= 15 is 0 Å². The molecule has 0 fully saturated rings. The Hall–Kier alpha value is -0.950. The topological polar surface area (TPSA) is 119 Å². The average molecular weight is 410 g/mol. The number of esters is 2. The van der Waals surface area contributed by atoms with Gasteiger partial charge in [0, 0.05) is 12.8 Å². The van der Waals surface area contributed by atoms with Crippen LogP contribution in [0.5, 0.6) is 0 Å². The minimum Gasteiger partial charge on any atom is -0.462 e. The Labute approximate surface area is 162 Å². The van der Waals surface area contributed by atoms with Gasteiger partial charge in [-0.15, -0.1) is 0 Å². The van der Waals surface area contributed by atoms with Crippen LogP contribution >= 0.6 is 7.82 Å². The van der Waals surface area contributed by atoms with Gasteiger partial charge in [0.2, 0.25) is 0 Å². The van der Waals surface area contributed by atoms with E-state index in [0.717, 1.165) is 44.9 Å². The van der Waals surface area contributed by atoms with E-state index in [4.69, 9.17) is 19.3 Å². The van der Waals surface area contributed by atoms with Gasteiger partial charge in [-0.1, -0.05) is 58.8 Å². The highest BCUT2D eigenvalue weighted by molar-refractivity contribution is 7.46. The van der Waals surface area contributed by atoms with Gasteiger partial charge in [-0.3, -0.25) is 14.1 Å². The van der Waals surface area contributed by atoms with E-state index in [1.165, 1.54) is 6.42 Å². The molecule has 0 radical (unpaired) electrons. The predicted octanol–water partition coefficient (Wildman–Crippen LogP) is 3.88. The summed E-state index contributed by atoms with van der Waals surface area (Å²) in [6, 6.07) is 0. The zero-order valence-corrected chi connectivity index (χ0v) is 17.5. The van der Waals surface area contributed by atoms with Gasteiger partial charge in [0.15, 0.2) is 6.10 Å². The van der Waals surface area contributed by atoms with Crippen molar-refractivity contribution in [2.24, 2.45) is 0 Å². The number of carbonyl (C=O) groups excluding carboxylic acids is 2. The zero-order valence-electron chi connectivity index (χ0n) is 16.6. The zero-order chi connectivity index (χ0) is 20.5. The van der Waals surface area contributed by atoms with Gasteiger partial charge in [-0.2, -0.15) is 0 Å². The Morgan fingerprint density at radius 3 is 1.96 bits per heavy atom. The number of carbonyl (C=O) groups is 2. The van der Waals surface area contributed by atoms with Crippen molar-refractivity contribution in [1.82, 2.24) is 0 Å². The molecule has 0 spiro atoms. The molecular formula is C18H35O8P. The maximum absolute atomic E-state index is 11.8. The van der Waals surface area contributed by atoms with Gasteiger partial charge in [-0.25, -0.2) is 4.57 Å². The van der Waals surface area contributed by atoms with Crippen molar-refractivity contribution in [2.45, 2.75) is 90.6 Å². The predicted molar refractivity (Wildman–Crippen MR) is 101 cm³/mol. The van der Waals surface area contributed by atoms with Crippen molar-refractivity contribution < 1.29 is 37.9 Å². The van der Waals surface area contributed by atoms with Crippen LogP contribution in [-0.4, -0.2) is 41.0 Å². The first-order chi connectivity index (χ1) is 12.8. The first-order valence-corrected chi connectivity index (χ1v) is 11.4. The summed E-state index contributed by atoms with van der Waals surface area (Å²) in [5, 5.41) is 0. The third-order valence-electron chi connectivity index (χ3n) is 3.88. The first-order valence-electron chi connectivity index (χ1n) is 9.83. The van der Waals surface area contributed by atoms with Crippen molar-refractivity contribution in [3.05, 3.63) is 0 Å². The van der Waals surface area contributed by atoms with Crippen LogP contribution in [0, 0.1) is 0 Å². The molecule has 0 saturated carbocycles. The Balaban J connectivity index is 4.22. The van der Waals surface area contributed by atoms with Crippen LogP contribution in [0.3, 0.4) is 0 Å². The molecule has 0 aliphatic rings. The maximum atomic E-state index is 11.8. The molecular weight excluding hydrogens is 375 g/mol. The molecule has 0 aliphatic carbocycles. The van der Waals surface area contributed by atoms with Gasteiger partial charge in [0.25, 0.3) is 0 Å². The second kappa shape index (κ2) is 16.0. The van der Waals surface area contributed by atoms with Crippen LogP contribution in [-0.2, 0) is 28.2 Å². The fourth-order valence-corrected chi connectivity index (χ4v) is 2.73. The van der Waals surface area contributed by atoms with Crippen molar-refractivity contribution in [3.8, 4) is 0 Å². The lowest BCUT2D eigenvalue weighted by atomic mass is 10.1. The lowest BCUT2D eigenvalue weighted by Crippen LogP contribution is -2.29. The van der Waals surface area contributed by atoms with Crippen LogP contribution in [0.1, 0.15) is 84.5 Å². The van der Waals surface area contributed by atoms with Crippen LogP contribution in [0.15, 0.2) is 0 Å². The number of hydrogen-bond acceptors (Lipinski definition) is 6. The summed E-state index contributed by atoms with van der Waals surface area (Å²) in [7, 11) is -4.70. The van der Waals surface area contributed by atoms with Crippen LogP contribution in [0.2, 0.25) is 0 Å². The van der Waals surface area contributed by atoms with Gasteiger partial charge >= 0.3 is 19.8 Å². The van der Waals surface area contributed by atoms with E-state index < -0.39 is 32.5 Å². The summed E-state index contributed by atoms with van der Waals surface area (Å²) >= 11 is 0. The quantitative estimate of drug-likeness (QED) is 0.211. The molecule has 27 heavy (non-hydrogen) atoms. The van der Waals surface area contributed by atoms with Crippen LogP contribution in [0.25, 0.3) is 0 Å². The number of ether oxygens (including phenoxy) is 2. The first kappa shape index (κ1) is 26.1. The molecule has 0 unspecified atom stereocenters. The molecule has 0 aliphatic heterocycles. The number of hydrogen-bond donors (Lipinski definition) is 2. The third kappa shape index (κ3) is 18.2. The van der Waals surface area contributed by atoms with Crippen LogP contribution < -0.4 is 0 Å². The Bertz CT molecular complexity index is 449. The Morgan fingerprint density at radius 1 is 0.815 bits per heavy atom. The number of rotatable bonds is 17. The molecule has 2 N–H and O–H groups in total. The van der Waals surface area contributed by atoms with E-state index in [2.05, 4.69) is 11.4 Å². The molecule has 160 valence electrons. The summed E-state index contributed by atoms with van der Waals surface area (Å²) < 4.78 is 25.4. The molecule has 0 heterocycles. The highest BCUT2D eigenvalue weighted by Crippen LogP contribution is 2.35. The van der Waals surface area contributed by atoms with Crippen molar-refractivity contribution in [2.75, 3.05) is 13.2 Å². The molecule has 0 saturated heterocycles. The second-order valence-electron chi connectivity index (χ2n) is 6.56. The number of phosphoric acid groups is 1.